The summed E-state index contributed by atoms with van der Waals surface area (Å²) in [5, 5.41) is 0. The number of esters is 1. The fraction of sp³-hybridized carbons (Fsp3) is 0.250. The summed E-state index contributed by atoms with van der Waals surface area (Å²) in [4.78, 5) is 11.7. The van der Waals surface area contributed by atoms with E-state index in [1.54, 1.807) is 0 Å². The van der Waals surface area contributed by atoms with Crippen molar-refractivity contribution in [1.29, 1.82) is 0 Å². The van der Waals surface area contributed by atoms with Gasteiger partial charge in [0.1, 0.15) is 0 Å². The van der Waals surface area contributed by atoms with Gasteiger partial charge >= 0.3 is 5.97 Å². The molecule has 0 saturated heterocycles. The van der Waals surface area contributed by atoms with E-state index < -0.39 is 0 Å². The molecule has 0 saturated carbocycles. The number of carbonyl (C=O) groups excluding carboxylic acids is 1. The van der Waals surface area contributed by atoms with Gasteiger partial charge in [0.05, 0.1) is 6.61 Å². The Hall–Kier alpha value is -1.22. The molecule has 0 aliphatic rings. The van der Waals surface area contributed by atoms with E-state index in [-0.39, 0.29) is 5.97 Å². The Kier molecular flexibility index (Phi) is 4.98. The summed E-state index contributed by atoms with van der Waals surface area (Å²) < 4.78 is 4.86. The van der Waals surface area contributed by atoms with Gasteiger partial charge in [0.15, 0.2) is 0 Å². The van der Waals surface area contributed by atoms with Gasteiger partial charge in [0.25, 0.3) is 0 Å². The van der Waals surface area contributed by atoms with Crippen LogP contribution in [0.25, 0.3) is 0 Å². The van der Waals surface area contributed by atoms with Gasteiger partial charge in [0.2, 0.25) is 0 Å². The third-order valence-electron chi connectivity index (χ3n) is 1.96. The fourth-order valence-corrected chi connectivity index (χ4v) is 1.32. The Bertz CT molecular complexity index is 330. The highest BCUT2D eigenvalue weighted by Gasteiger charge is 1.96. The number of thiol groups is 1. The number of rotatable bonds is 5. The molecule has 15 heavy (non-hydrogen) atoms. The Balaban J connectivity index is 2.23. The van der Waals surface area contributed by atoms with E-state index in [0.717, 1.165) is 17.7 Å². The van der Waals surface area contributed by atoms with Crippen molar-refractivity contribution in [3.05, 3.63) is 42.5 Å². The first-order valence-corrected chi connectivity index (χ1v) is 5.24. The summed E-state index contributed by atoms with van der Waals surface area (Å²) >= 11 is 4.20. The first-order chi connectivity index (χ1) is 7.22. The maximum Gasteiger partial charge on any atom is 0.330 e. The average Bonchev–Trinajstić information content (AvgIpc) is 2.26. The summed E-state index contributed by atoms with van der Waals surface area (Å²) in [6, 6.07) is 7.96. The van der Waals surface area contributed by atoms with E-state index in [1.165, 1.54) is 11.6 Å². The van der Waals surface area contributed by atoms with Crippen LogP contribution in [0.15, 0.2) is 41.8 Å². The van der Waals surface area contributed by atoms with Crippen LogP contribution in [0.3, 0.4) is 0 Å². The molecule has 3 heteroatoms. The number of carbonyl (C=O) groups is 1. The molecule has 1 aromatic carbocycles. The highest BCUT2D eigenvalue weighted by atomic mass is 32.1. The van der Waals surface area contributed by atoms with Crippen LogP contribution in [0.4, 0.5) is 0 Å². The second-order valence-electron chi connectivity index (χ2n) is 3.14. The highest BCUT2D eigenvalue weighted by molar-refractivity contribution is 7.80. The minimum absolute atomic E-state index is 0.360. The van der Waals surface area contributed by atoms with E-state index in [2.05, 4.69) is 19.2 Å². The zero-order valence-electron chi connectivity index (χ0n) is 8.48. The molecule has 0 aliphatic carbocycles. The van der Waals surface area contributed by atoms with Crippen LogP contribution in [0.5, 0.6) is 0 Å². The predicted octanol–water partition coefficient (Wildman–Crippen LogP) is 2.64. The largest absolute Gasteiger partial charge is 0.463 e. The van der Waals surface area contributed by atoms with Gasteiger partial charge in [-0.3, -0.25) is 0 Å². The van der Waals surface area contributed by atoms with Crippen molar-refractivity contribution in [3.8, 4) is 0 Å². The first-order valence-electron chi connectivity index (χ1n) is 4.79. The van der Waals surface area contributed by atoms with Crippen LogP contribution in [0, 0.1) is 0 Å². The topological polar surface area (TPSA) is 26.3 Å². The Morgan fingerprint density at radius 1 is 1.40 bits per heavy atom. The molecule has 2 nitrogen and oxygen atoms in total. The molecule has 1 rings (SSSR count). The van der Waals surface area contributed by atoms with E-state index in [1.807, 2.05) is 24.3 Å². The van der Waals surface area contributed by atoms with E-state index in [4.69, 9.17) is 4.74 Å². The van der Waals surface area contributed by atoms with Crippen LogP contribution in [0.2, 0.25) is 0 Å². The van der Waals surface area contributed by atoms with Gasteiger partial charge in [-0.05, 0) is 30.5 Å². The smallest absolute Gasteiger partial charge is 0.330 e. The molecule has 0 N–H and O–H groups in total. The molecule has 1 aromatic rings. The van der Waals surface area contributed by atoms with Crippen molar-refractivity contribution in [1.82, 2.24) is 0 Å². The molecular formula is C12H14O2S. The van der Waals surface area contributed by atoms with Crippen LogP contribution < -0.4 is 0 Å². The van der Waals surface area contributed by atoms with Crippen LogP contribution in [0.1, 0.15) is 12.0 Å². The van der Waals surface area contributed by atoms with Crippen LogP contribution in [-0.2, 0) is 16.0 Å². The maximum absolute atomic E-state index is 10.7. The molecular weight excluding hydrogens is 208 g/mol. The molecule has 0 unspecified atom stereocenters. The van der Waals surface area contributed by atoms with E-state index in [9.17, 15) is 4.79 Å². The third kappa shape index (κ3) is 4.70. The molecule has 0 atom stereocenters. The summed E-state index contributed by atoms with van der Waals surface area (Å²) in [6.45, 7) is 3.76. The number of ether oxygens (including phenoxy) is 1. The maximum atomic E-state index is 10.7. The van der Waals surface area contributed by atoms with Crippen LogP contribution in [-0.4, -0.2) is 12.6 Å². The molecule has 0 bridgehead atoms. The van der Waals surface area contributed by atoms with Gasteiger partial charge in [-0.25, -0.2) is 4.79 Å². The number of aryl methyl sites for hydroxylation is 1. The lowest BCUT2D eigenvalue weighted by Crippen LogP contribution is -2.02. The molecule has 0 spiro atoms. The summed E-state index contributed by atoms with van der Waals surface area (Å²) in [6.07, 6.45) is 2.90. The van der Waals surface area contributed by atoms with Crippen molar-refractivity contribution in [3.63, 3.8) is 0 Å². The number of hydrogen-bond acceptors (Lipinski definition) is 3. The molecule has 0 heterocycles. The molecule has 0 radical (unpaired) electrons. The first kappa shape index (κ1) is 11.9. The molecule has 0 aromatic heterocycles. The van der Waals surface area contributed by atoms with Crippen LogP contribution >= 0.6 is 12.6 Å². The second kappa shape index (κ2) is 6.30. The van der Waals surface area contributed by atoms with E-state index >= 15 is 0 Å². The van der Waals surface area contributed by atoms with Crippen molar-refractivity contribution < 1.29 is 9.53 Å². The molecule has 0 fully saturated rings. The average molecular weight is 222 g/mol. The van der Waals surface area contributed by atoms with Crippen molar-refractivity contribution >= 4 is 18.6 Å². The van der Waals surface area contributed by atoms with Gasteiger partial charge in [-0.2, -0.15) is 0 Å². The van der Waals surface area contributed by atoms with Crippen molar-refractivity contribution in [2.75, 3.05) is 6.61 Å². The molecule has 0 aliphatic heterocycles. The molecule has 80 valence electrons. The Morgan fingerprint density at radius 2 is 2.07 bits per heavy atom. The number of benzene rings is 1. The Morgan fingerprint density at radius 3 is 2.67 bits per heavy atom. The SMILES string of the molecule is C=CC(=O)OCCCc1ccc(S)cc1. The van der Waals surface area contributed by atoms with Crippen molar-refractivity contribution in [2.45, 2.75) is 17.7 Å². The Labute approximate surface area is 95.4 Å². The molecule has 0 amide bonds. The minimum atomic E-state index is -0.360. The van der Waals surface area contributed by atoms with E-state index in [0.29, 0.717) is 6.61 Å². The standard InChI is InChI=1S/C12H14O2S/c1-2-12(13)14-9-3-4-10-5-7-11(15)8-6-10/h2,5-8,15H,1,3-4,9H2. The lowest BCUT2D eigenvalue weighted by molar-refractivity contribution is -0.137. The minimum Gasteiger partial charge on any atom is -0.463 e. The summed E-state index contributed by atoms with van der Waals surface area (Å²) in [7, 11) is 0. The second-order valence-corrected chi connectivity index (χ2v) is 3.66. The number of hydrogen-bond donors (Lipinski definition) is 1. The monoisotopic (exact) mass is 222 g/mol. The summed E-state index contributed by atoms with van der Waals surface area (Å²) in [5.41, 5.74) is 1.22. The summed E-state index contributed by atoms with van der Waals surface area (Å²) in [5.74, 6) is -0.360. The lowest BCUT2D eigenvalue weighted by atomic mass is 10.1. The fourth-order valence-electron chi connectivity index (χ4n) is 1.17. The lowest BCUT2D eigenvalue weighted by Gasteiger charge is -2.02. The van der Waals surface area contributed by atoms with Gasteiger partial charge < -0.3 is 4.74 Å². The van der Waals surface area contributed by atoms with Gasteiger partial charge in [0, 0.05) is 11.0 Å². The zero-order chi connectivity index (χ0) is 11.1. The highest BCUT2D eigenvalue weighted by Crippen LogP contribution is 2.09. The van der Waals surface area contributed by atoms with Gasteiger partial charge in [-0.15, -0.1) is 12.6 Å². The van der Waals surface area contributed by atoms with Gasteiger partial charge in [-0.1, -0.05) is 18.7 Å². The third-order valence-corrected chi connectivity index (χ3v) is 2.26. The quantitative estimate of drug-likeness (QED) is 0.359. The predicted molar refractivity (Wildman–Crippen MR) is 63.2 cm³/mol. The zero-order valence-corrected chi connectivity index (χ0v) is 9.37. The van der Waals surface area contributed by atoms with Crippen molar-refractivity contribution in [2.24, 2.45) is 0 Å². The normalized spacial score (nSPS) is 9.67.